The lowest BCUT2D eigenvalue weighted by Gasteiger charge is -2.28. The molecule has 0 amide bonds. The van der Waals surface area contributed by atoms with Crippen LogP contribution in [0.2, 0.25) is 0 Å². The normalized spacial score (nSPS) is 13.7. The van der Waals surface area contributed by atoms with Crippen molar-refractivity contribution in [1.82, 2.24) is 14.9 Å². The van der Waals surface area contributed by atoms with Crippen molar-refractivity contribution < 1.29 is 18.3 Å². The molecule has 0 bridgehead atoms. The second-order valence-electron chi connectivity index (χ2n) is 8.03. The van der Waals surface area contributed by atoms with Crippen LogP contribution >= 0.6 is 0 Å². The highest BCUT2D eigenvalue weighted by Gasteiger charge is 2.20. The third kappa shape index (κ3) is 5.13. The molecule has 3 aromatic rings. The predicted molar refractivity (Wildman–Crippen MR) is 118 cm³/mol. The van der Waals surface area contributed by atoms with Gasteiger partial charge >= 0.3 is 0 Å². The van der Waals surface area contributed by atoms with Crippen LogP contribution in [0.3, 0.4) is 0 Å². The molecule has 0 atom stereocenters. The van der Waals surface area contributed by atoms with Crippen molar-refractivity contribution in [2.45, 2.75) is 39.5 Å². The first-order valence-electron chi connectivity index (χ1n) is 10.5. The Kier molecular flexibility index (Phi) is 6.50. The minimum Gasteiger partial charge on any atom is -0.493 e. The molecular weight excluding hydrogens is 414 g/mol. The van der Waals surface area contributed by atoms with Gasteiger partial charge in [-0.25, -0.2) is 18.7 Å². The Bertz CT molecular complexity index is 1110. The number of nitrogens with one attached hydrogen (secondary N) is 1. The van der Waals surface area contributed by atoms with Gasteiger partial charge in [0.15, 0.2) is 11.5 Å². The lowest BCUT2D eigenvalue weighted by atomic mass is 10.1. The summed E-state index contributed by atoms with van der Waals surface area (Å²) < 4.78 is 38.3. The average molecular weight is 440 g/mol. The van der Waals surface area contributed by atoms with E-state index >= 15 is 0 Å². The Morgan fingerprint density at radius 3 is 2.72 bits per heavy atom. The number of hydrogen-bond donors (Lipinski definition) is 1. The molecule has 0 saturated carbocycles. The van der Waals surface area contributed by atoms with Gasteiger partial charge in [0, 0.05) is 43.9 Å². The second-order valence-corrected chi connectivity index (χ2v) is 8.03. The zero-order chi connectivity index (χ0) is 22.7. The van der Waals surface area contributed by atoms with Gasteiger partial charge in [0.2, 0.25) is 5.95 Å². The van der Waals surface area contributed by atoms with E-state index in [4.69, 9.17) is 9.47 Å². The number of ether oxygens (including phenoxy) is 2. The van der Waals surface area contributed by atoms with Gasteiger partial charge in [-0.2, -0.15) is 0 Å². The number of benzene rings is 2. The van der Waals surface area contributed by atoms with E-state index in [2.05, 4.69) is 26.3 Å². The van der Waals surface area contributed by atoms with Gasteiger partial charge in [0.05, 0.1) is 24.6 Å². The van der Waals surface area contributed by atoms with E-state index < -0.39 is 11.6 Å². The molecule has 32 heavy (non-hydrogen) atoms. The number of hydrogen-bond acceptors (Lipinski definition) is 6. The summed E-state index contributed by atoms with van der Waals surface area (Å²) in [5.74, 6) is 0.451. The SMILES string of the molecule is COc1cc(CN2CCc3nc(Nc4ccc(F)cc4F)ncc3C2)ccc1OC(C)C. The first-order valence-corrected chi connectivity index (χ1v) is 10.5. The van der Waals surface area contributed by atoms with Crippen molar-refractivity contribution in [3.8, 4) is 11.5 Å². The fraction of sp³-hybridized carbons (Fsp3) is 0.333. The van der Waals surface area contributed by atoms with Crippen molar-refractivity contribution in [2.24, 2.45) is 0 Å². The number of anilines is 2. The van der Waals surface area contributed by atoms with E-state index in [1.807, 2.05) is 26.0 Å². The summed E-state index contributed by atoms with van der Waals surface area (Å²) in [6.45, 7) is 6.28. The van der Waals surface area contributed by atoms with Crippen LogP contribution in [0, 0.1) is 11.6 Å². The molecule has 1 aliphatic rings. The van der Waals surface area contributed by atoms with Crippen LogP contribution in [0.4, 0.5) is 20.4 Å². The first-order chi connectivity index (χ1) is 15.4. The average Bonchev–Trinajstić information content (AvgIpc) is 2.76. The molecule has 1 aliphatic heterocycles. The maximum atomic E-state index is 13.9. The van der Waals surface area contributed by atoms with E-state index in [0.29, 0.717) is 12.5 Å². The number of methoxy groups -OCH3 is 1. The highest BCUT2D eigenvalue weighted by molar-refractivity contribution is 5.54. The number of aromatic nitrogens is 2. The molecule has 2 heterocycles. The maximum absolute atomic E-state index is 13.9. The molecule has 0 fully saturated rings. The van der Waals surface area contributed by atoms with Crippen LogP contribution in [0.25, 0.3) is 0 Å². The monoisotopic (exact) mass is 440 g/mol. The van der Waals surface area contributed by atoms with Crippen LogP contribution in [0.5, 0.6) is 11.5 Å². The molecule has 0 unspecified atom stereocenters. The maximum Gasteiger partial charge on any atom is 0.227 e. The van der Waals surface area contributed by atoms with Gasteiger partial charge in [-0.05, 0) is 43.7 Å². The van der Waals surface area contributed by atoms with Gasteiger partial charge in [-0.3, -0.25) is 4.90 Å². The Balaban J connectivity index is 1.43. The first kappa shape index (κ1) is 22.0. The van der Waals surface area contributed by atoms with Crippen LogP contribution in [0.15, 0.2) is 42.6 Å². The zero-order valence-corrected chi connectivity index (χ0v) is 18.4. The molecular formula is C24H26F2N4O2. The third-order valence-corrected chi connectivity index (χ3v) is 5.19. The summed E-state index contributed by atoms with van der Waals surface area (Å²) in [4.78, 5) is 11.2. The summed E-state index contributed by atoms with van der Waals surface area (Å²) in [5.41, 5.74) is 3.24. The Hall–Kier alpha value is -3.26. The zero-order valence-electron chi connectivity index (χ0n) is 18.4. The van der Waals surface area contributed by atoms with Crippen molar-refractivity contribution in [1.29, 1.82) is 0 Å². The molecule has 1 N–H and O–H groups in total. The lowest BCUT2D eigenvalue weighted by Crippen LogP contribution is -2.31. The molecule has 0 aliphatic carbocycles. The van der Waals surface area contributed by atoms with E-state index in [1.165, 1.54) is 12.1 Å². The largest absolute Gasteiger partial charge is 0.493 e. The van der Waals surface area contributed by atoms with Crippen molar-refractivity contribution in [3.63, 3.8) is 0 Å². The molecule has 0 spiro atoms. The highest BCUT2D eigenvalue weighted by atomic mass is 19.1. The molecule has 2 aromatic carbocycles. The minimum absolute atomic E-state index is 0.0762. The molecule has 8 heteroatoms. The summed E-state index contributed by atoms with van der Waals surface area (Å²) in [6, 6.07) is 9.36. The lowest BCUT2D eigenvalue weighted by molar-refractivity contribution is 0.228. The minimum atomic E-state index is -0.683. The standard InChI is InChI=1S/C24H26F2N4O2/c1-15(2)32-22-7-4-16(10-23(22)31-3)13-30-9-8-20-17(14-30)12-27-24(28-20)29-21-6-5-18(25)11-19(21)26/h4-7,10-12,15H,8-9,13-14H2,1-3H3,(H,27,28,29). The summed E-state index contributed by atoms with van der Waals surface area (Å²) in [6.07, 6.45) is 2.59. The number of nitrogens with zero attached hydrogens (tertiary/aromatic N) is 3. The Morgan fingerprint density at radius 1 is 1.12 bits per heavy atom. The van der Waals surface area contributed by atoms with Gasteiger partial charge in [-0.1, -0.05) is 6.07 Å². The van der Waals surface area contributed by atoms with Crippen molar-refractivity contribution >= 4 is 11.6 Å². The van der Waals surface area contributed by atoms with Gasteiger partial charge in [0.1, 0.15) is 11.6 Å². The van der Waals surface area contributed by atoms with Crippen molar-refractivity contribution in [3.05, 3.63) is 71.1 Å². The molecule has 168 valence electrons. The van der Waals surface area contributed by atoms with E-state index in [1.54, 1.807) is 13.3 Å². The number of fused-ring (bicyclic) bond motifs is 1. The number of halogens is 2. The van der Waals surface area contributed by atoms with Crippen LogP contribution < -0.4 is 14.8 Å². The highest BCUT2D eigenvalue weighted by Crippen LogP contribution is 2.30. The summed E-state index contributed by atoms with van der Waals surface area (Å²) >= 11 is 0. The Morgan fingerprint density at radius 2 is 1.97 bits per heavy atom. The van der Waals surface area contributed by atoms with Gasteiger partial charge in [0.25, 0.3) is 0 Å². The molecule has 6 nitrogen and oxygen atoms in total. The fourth-order valence-corrected chi connectivity index (χ4v) is 3.70. The van der Waals surface area contributed by atoms with E-state index in [9.17, 15) is 8.78 Å². The Labute approximate surface area is 186 Å². The topological polar surface area (TPSA) is 59.5 Å². The second kappa shape index (κ2) is 9.48. The van der Waals surface area contributed by atoms with Crippen LogP contribution in [-0.2, 0) is 19.5 Å². The van der Waals surface area contributed by atoms with E-state index in [0.717, 1.165) is 53.9 Å². The molecule has 0 saturated heterocycles. The van der Waals surface area contributed by atoms with Gasteiger partial charge in [-0.15, -0.1) is 0 Å². The van der Waals surface area contributed by atoms with Crippen molar-refractivity contribution in [2.75, 3.05) is 19.0 Å². The van der Waals surface area contributed by atoms with E-state index in [-0.39, 0.29) is 11.8 Å². The number of rotatable bonds is 7. The fourth-order valence-electron chi connectivity index (χ4n) is 3.70. The molecule has 1 aromatic heterocycles. The summed E-state index contributed by atoms with van der Waals surface area (Å²) in [7, 11) is 1.64. The quantitative estimate of drug-likeness (QED) is 0.567. The molecule has 4 rings (SSSR count). The smallest absolute Gasteiger partial charge is 0.227 e. The van der Waals surface area contributed by atoms with Crippen LogP contribution in [0.1, 0.15) is 30.7 Å². The summed E-state index contributed by atoms with van der Waals surface area (Å²) in [5, 5.41) is 2.83. The predicted octanol–water partition coefficient (Wildman–Crippen LogP) is 4.85. The molecule has 0 radical (unpaired) electrons. The van der Waals surface area contributed by atoms with Gasteiger partial charge < -0.3 is 14.8 Å². The van der Waals surface area contributed by atoms with Crippen LogP contribution in [-0.4, -0.2) is 34.6 Å². The third-order valence-electron chi connectivity index (χ3n) is 5.19.